The van der Waals surface area contributed by atoms with Gasteiger partial charge >= 0.3 is 5.69 Å². The second kappa shape index (κ2) is 9.33. The summed E-state index contributed by atoms with van der Waals surface area (Å²) in [6.07, 6.45) is 3.92. The molecule has 0 unspecified atom stereocenters. The number of rotatable bonds is 5. The molecule has 8 heteroatoms. The molecule has 8 nitrogen and oxygen atoms in total. The van der Waals surface area contributed by atoms with E-state index in [1.807, 2.05) is 49.2 Å². The molecular weight excluding hydrogens is 456 g/mol. The quantitative estimate of drug-likeness (QED) is 0.429. The van der Waals surface area contributed by atoms with Gasteiger partial charge in [0.05, 0.1) is 23.8 Å². The average molecular weight is 489 g/mol. The minimum absolute atomic E-state index is 0.0974. The van der Waals surface area contributed by atoms with E-state index in [1.165, 1.54) is 9.13 Å². The van der Waals surface area contributed by atoms with Crippen LogP contribution in [0.4, 0.5) is 0 Å². The Morgan fingerprint density at radius 3 is 2.58 bits per heavy atom. The molecule has 0 N–H and O–H groups in total. The van der Waals surface area contributed by atoms with Crippen LogP contribution in [0.3, 0.4) is 0 Å². The minimum atomic E-state index is -0.518. The van der Waals surface area contributed by atoms with Crippen molar-refractivity contribution in [3.63, 3.8) is 0 Å². The summed E-state index contributed by atoms with van der Waals surface area (Å²) in [5.74, 6) is 0.519. The summed E-state index contributed by atoms with van der Waals surface area (Å²) in [7, 11) is 3.39. The van der Waals surface area contributed by atoms with E-state index in [9.17, 15) is 14.4 Å². The molecule has 1 aliphatic heterocycles. The number of ether oxygens (including phenoxy) is 1. The molecule has 0 radical (unpaired) electrons. The lowest BCUT2D eigenvalue weighted by Crippen LogP contribution is -2.47. The van der Waals surface area contributed by atoms with Crippen molar-refractivity contribution in [2.75, 3.05) is 13.7 Å². The lowest BCUT2D eigenvalue weighted by Gasteiger charge is -2.35. The number of nitrogens with zero attached hydrogens (tertiary/aromatic N) is 4. The molecule has 1 amide bonds. The zero-order valence-corrected chi connectivity index (χ0v) is 21.3. The van der Waals surface area contributed by atoms with Crippen LogP contribution in [0.1, 0.15) is 38.2 Å². The van der Waals surface area contributed by atoms with Crippen molar-refractivity contribution in [1.82, 2.24) is 18.6 Å². The second-order valence-electron chi connectivity index (χ2n) is 9.58. The van der Waals surface area contributed by atoms with Crippen LogP contribution < -0.4 is 16.0 Å². The number of hydrogen-bond donors (Lipinski definition) is 0. The van der Waals surface area contributed by atoms with Crippen LogP contribution in [0.5, 0.6) is 5.75 Å². The van der Waals surface area contributed by atoms with Gasteiger partial charge in [-0.15, -0.1) is 0 Å². The number of likely N-dealkylation sites (tertiary alicyclic amines) is 1. The van der Waals surface area contributed by atoms with Gasteiger partial charge in [0, 0.05) is 25.0 Å². The zero-order chi connectivity index (χ0) is 25.6. The summed E-state index contributed by atoms with van der Waals surface area (Å²) in [4.78, 5) is 43.5. The summed E-state index contributed by atoms with van der Waals surface area (Å²) < 4.78 is 9.93. The number of piperidine rings is 1. The van der Waals surface area contributed by atoms with Gasteiger partial charge in [-0.1, -0.05) is 25.1 Å². The summed E-state index contributed by atoms with van der Waals surface area (Å²) in [6, 6.07) is 13.0. The number of carbonyl (C=O) groups excluding carboxylic acids is 1. The molecule has 36 heavy (non-hydrogen) atoms. The molecule has 1 atom stereocenters. The number of aromatic nitrogens is 3. The fourth-order valence-electron chi connectivity index (χ4n) is 5.61. The molecule has 1 aliphatic rings. The van der Waals surface area contributed by atoms with Gasteiger partial charge < -0.3 is 14.2 Å². The highest BCUT2D eigenvalue weighted by molar-refractivity contribution is 6.06. The smallest absolute Gasteiger partial charge is 0.336 e. The Labute approximate surface area is 209 Å². The maximum atomic E-state index is 14.0. The summed E-state index contributed by atoms with van der Waals surface area (Å²) >= 11 is 0. The third-order valence-corrected chi connectivity index (χ3v) is 7.55. The van der Waals surface area contributed by atoms with Crippen molar-refractivity contribution >= 4 is 27.8 Å². The molecule has 0 bridgehead atoms. The number of carbonyl (C=O) groups is 1. The highest BCUT2D eigenvalue weighted by Crippen LogP contribution is 2.30. The number of amides is 1. The SMILES string of the molecule is CC[C@H]1CCCCN1C(=O)Cn1c(=O)n(-c2ccccc2C)c(=O)c2c1c1cc(OC)ccc1n2C. The van der Waals surface area contributed by atoms with Crippen molar-refractivity contribution in [3.8, 4) is 11.4 Å². The second-order valence-corrected chi connectivity index (χ2v) is 9.58. The monoisotopic (exact) mass is 488 g/mol. The first kappa shape index (κ1) is 23.9. The minimum Gasteiger partial charge on any atom is -0.497 e. The van der Waals surface area contributed by atoms with Crippen LogP contribution in [0, 0.1) is 6.92 Å². The maximum absolute atomic E-state index is 14.0. The zero-order valence-electron chi connectivity index (χ0n) is 21.3. The normalized spacial score (nSPS) is 16.1. The molecule has 5 rings (SSSR count). The molecule has 2 aromatic heterocycles. The van der Waals surface area contributed by atoms with E-state index in [2.05, 4.69) is 6.92 Å². The Morgan fingerprint density at radius 2 is 1.86 bits per heavy atom. The van der Waals surface area contributed by atoms with E-state index in [4.69, 9.17) is 4.74 Å². The van der Waals surface area contributed by atoms with Crippen molar-refractivity contribution in [2.24, 2.45) is 7.05 Å². The molecule has 0 saturated carbocycles. The van der Waals surface area contributed by atoms with Crippen molar-refractivity contribution in [3.05, 3.63) is 68.9 Å². The van der Waals surface area contributed by atoms with E-state index in [0.29, 0.717) is 34.4 Å². The number of para-hydroxylation sites is 1. The Morgan fingerprint density at radius 1 is 1.08 bits per heavy atom. The van der Waals surface area contributed by atoms with Gasteiger partial charge in [-0.2, -0.15) is 0 Å². The van der Waals surface area contributed by atoms with Gasteiger partial charge in [0.2, 0.25) is 5.91 Å². The molecule has 1 fully saturated rings. The molecular formula is C28H32N4O4. The fourth-order valence-corrected chi connectivity index (χ4v) is 5.61. The topological polar surface area (TPSA) is 78.5 Å². The van der Waals surface area contributed by atoms with Gasteiger partial charge in [-0.25, -0.2) is 9.36 Å². The molecule has 2 aromatic carbocycles. The van der Waals surface area contributed by atoms with Gasteiger partial charge in [-0.05, 0) is 62.4 Å². The highest BCUT2D eigenvalue weighted by Gasteiger charge is 2.28. The standard InChI is InChI=1S/C28H32N4O4/c1-5-19-11-8-9-15-30(19)24(33)17-31-25-21-16-20(36-4)13-14-23(21)29(3)26(25)27(34)32(28(31)35)22-12-7-6-10-18(22)2/h6-7,10,12-14,16,19H,5,8-9,11,15,17H2,1-4H3/t19-/m0/s1. The molecule has 1 saturated heterocycles. The predicted octanol–water partition coefficient (Wildman–Crippen LogP) is 3.75. The Balaban J connectivity index is 1.83. The predicted molar refractivity (Wildman–Crippen MR) is 141 cm³/mol. The first-order valence-electron chi connectivity index (χ1n) is 12.5. The number of hydrogen-bond acceptors (Lipinski definition) is 4. The number of aryl methyl sites for hydroxylation is 2. The highest BCUT2D eigenvalue weighted by atomic mass is 16.5. The third-order valence-electron chi connectivity index (χ3n) is 7.55. The van der Waals surface area contributed by atoms with E-state index in [0.717, 1.165) is 36.8 Å². The van der Waals surface area contributed by atoms with E-state index in [-0.39, 0.29) is 18.5 Å². The van der Waals surface area contributed by atoms with Gasteiger partial charge in [0.1, 0.15) is 17.8 Å². The molecule has 3 heterocycles. The Hall–Kier alpha value is -3.81. The molecule has 188 valence electrons. The van der Waals surface area contributed by atoms with Gasteiger partial charge in [0.25, 0.3) is 5.56 Å². The van der Waals surface area contributed by atoms with Crippen LogP contribution in [0.2, 0.25) is 0 Å². The Kier molecular flexibility index (Phi) is 6.20. The lowest BCUT2D eigenvalue weighted by molar-refractivity contribution is -0.135. The van der Waals surface area contributed by atoms with Crippen LogP contribution in [-0.2, 0) is 18.4 Å². The third kappa shape index (κ3) is 3.72. The van der Waals surface area contributed by atoms with Crippen LogP contribution in [0.15, 0.2) is 52.1 Å². The largest absolute Gasteiger partial charge is 0.497 e. The first-order chi connectivity index (χ1) is 17.4. The van der Waals surface area contributed by atoms with Gasteiger partial charge in [-0.3, -0.25) is 14.2 Å². The fraction of sp³-hybridized carbons (Fsp3) is 0.393. The van der Waals surface area contributed by atoms with Gasteiger partial charge in [0.15, 0.2) is 0 Å². The van der Waals surface area contributed by atoms with Crippen molar-refractivity contribution in [2.45, 2.75) is 52.1 Å². The van der Waals surface area contributed by atoms with E-state index < -0.39 is 11.2 Å². The molecule has 0 aliphatic carbocycles. The van der Waals surface area contributed by atoms with Crippen molar-refractivity contribution in [1.29, 1.82) is 0 Å². The summed E-state index contributed by atoms with van der Waals surface area (Å²) in [5.41, 5.74) is 2.02. The number of methoxy groups -OCH3 is 1. The van der Waals surface area contributed by atoms with Crippen LogP contribution in [-0.4, -0.2) is 44.2 Å². The van der Waals surface area contributed by atoms with Crippen LogP contribution in [0.25, 0.3) is 27.6 Å². The summed E-state index contributed by atoms with van der Waals surface area (Å²) in [6.45, 7) is 4.52. The lowest BCUT2D eigenvalue weighted by atomic mass is 10.00. The number of benzene rings is 2. The Bertz CT molecular complexity index is 1590. The average Bonchev–Trinajstić information content (AvgIpc) is 3.19. The molecule has 0 spiro atoms. The van der Waals surface area contributed by atoms with E-state index in [1.54, 1.807) is 23.8 Å². The molecule has 4 aromatic rings. The number of fused-ring (bicyclic) bond motifs is 3. The van der Waals surface area contributed by atoms with E-state index >= 15 is 0 Å². The maximum Gasteiger partial charge on any atom is 0.336 e. The first-order valence-corrected chi connectivity index (χ1v) is 12.5. The van der Waals surface area contributed by atoms with Crippen molar-refractivity contribution < 1.29 is 9.53 Å². The van der Waals surface area contributed by atoms with Crippen LogP contribution >= 0.6 is 0 Å². The summed E-state index contributed by atoms with van der Waals surface area (Å²) in [5, 5.41) is 0.705.